The van der Waals surface area contributed by atoms with Crippen molar-refractivity contribution in [2.45, 2.75) is 0 Å². The van der Waals surface area contributed by atoms with Gasteiger partial charge in [0.15, 0.2) is 5.75 Å². The Morgan fingerprint density at radius 2 is 2.23 bits per heavy atom. The van der Waals surface area contributed by atoms with E-state index in [0.29, 0.717) is 0 Å². The van der Waals surface area contributed by atoms with E-state index in [1.54, 1.807) is 6.07 Å². The maximum Gasteiger partial charge on any atom is 0.257 e. The fourth-order valence-corrected chi connectivity index (χ4v) is 0.924. The predicted molar refractivity (Wildman–Crippen MR) is 48.9 cm³/mol. The molecular weight excluding hydrogens is 168 g/mol. The lowest BCUT2D eigenvalue weighted by atomic mass is 10.1. The summed E-state index contributed by atoms with van der Waals surface area (Å²) in [5, 5.41) is 9.39. The third-order valence-electron chi connectivity index (χ3n) is 1.62. The normalized spacial score (nSPS) is 9.69. The van der Waals surface area contributed by atoms with E-state index < -0.39 is 5.91 Å². The van der Waals surface area contributed by atoms with Crippen molar-refractivity contribution < 1.29 is 9.90 Å². The molecule has 4 heteroatoms. The second-order valence-corrected chi connectivity index (χ2v) is 2.66. The van der Waals surface area contributed by atoms with Crippen LogP contribution in [-0.4, -0.2) is 23.0 Å². The van der Waals surface area contributed by atoms with Crippen molar-refractivity contribution in [1.29, 1.82) is 0 Å². The van der Waals surface area contributed by atoms with Crippen molar-refractivity contribution in [3.05, 3.63) is 30.8 Å². The first-order valence-corrected chi connectivity index (χ1v) is 3.64. The quantitative estimate of drug-likeness (QED) is 0.378. The molecule has 0 bridgehead atoms. The zero-order valence-electron chi connectivity index (χ0n) is 7.19. The minimum Gasteiger partial charge on any atom is -0.505 e. The zero-order chi connectivity index (χ0) is 10.0. The van der Waals surface area contributed by atoms with Gasteiger partial charge in [-0.2, -0.15) is 0 Å². The van der Waals surface area contributed by atoms with E-state index in [0.717, 1.165) is 4.90 Å². The number of phenols is 1. The van der Waals surface area contributed by atoms with Gasteiger partial charge in [0.2, 0.25) is 0 Å². The second kappa shape index (κ2) is 3.35. The molecule has 1 amide bonds. The molecule has 0 aromatic heterocycles. The SMILES string of the molecule is [CH]N(C)C(=O)c1cccc(N)c1O. The van der Waals surface area contributed by atoms with Crippen LogP contribution < -0.4 is 5.73 Å². The minimum absolute atomic E-state index is 0.102. The van der Waals surface area contributed by atoms with Crippen LogP contribution in [-0.2, 0) is 0 Å². The molecule has 0 spiro atoms. The third-order valence-corrected chi connectivity index (χ3v) is 1.62. The Bertz CT molecular complexity index is 334. The predicted octanol–water partition coefficient (Wildman–Crippen LogP) is 0.715. The van der Waals surface area contributed by atoms with Gasteiger partial charge in [-0.1, -0.05) is 6.07 Å². The van der Waals surface area contributed by atoms with Crippen LogP contribution in [0.4, 0.5) is 5.69 Å². The van der Waals surface area contributed by atoms with E-state index in [1.165, 1.54) is 19.2 Å². The summed E-state index contributed by atoms with van der Waals surface area (Å²) >= 11 is 0. The van der Waals surface area contributed by atoms with Gasteiger partial charge >= 0.3 is 0 Å². The van der Waals surface area contributed by atoms with Crippen molar-refractivity contribution in [3.8, 4) is 5.75 Å². The molecule has 0 heterocycles. The monoisotopic (exact) mass is 178 g/mol. The number of rotatable bonds is 1. The molecule has 0 aliphatic carbocycles. The molecule has 0 atom stereocenters. The minimum atomic E-state index is -0.482. The van der Waals surface area contributed by atoms with Crippen molar-refractivity contribution in [3.63, 3.8) is 0 Å². The van der Waals surface area contributed by atoms with Crippen LogP contribution in [0.25, 0.3) is 0 Å². The summed E-state index contributed by atoms with van der Waals surface area (Å²) < 4.78 is 0. The maximum absolute atomic E-state index is 11.3. The fourth-order valence-electron chi connectivity index (χ4n) is 0.924. The highest BCUT2D eigenvalue weighted by Crippen LogP contribution is 2.24. The number of carbonyl (C=O) groups is 1. The standard InChI is InChI=1S/C9H10N2O2/c1-11(2)9(13)6-4-3-5-7(10)8(6)12/h1,3-5,12H,10H2,2H3. The summed E-state index contributed by atoms with van der Waals surface area (Å²) in [4.78, 5) is 12.2. The number of benzene rings is 1. The Balaban J connectivity index is 3.15. The first kappa shape index (κ1) is 9.38. The summed E-state index contributed by atoms with van der Waals surface area (Å²) in [6.45, 7) is 0. The zero-order valence-corrected chi connectivity index (χ0v) is 7.19. The summed E-state index contributed by atoms with van der Waals surface area (Å²) in [7, 11) is 6.61. The van der Waals surface area contributed by atoms with Gasteiger partial charge in [-0.05, 0) is 12.1 Å². The summed E-state index contributed by atoms with van der Waals surface area (Å²) in [5.74, 6) is -0.713. The van der Waals surface area contributed by atoms with Gasteiger partial charge in [0.1, 0.15) is 0 Å². The third kappa shape index (κ3) is 1.72. The van der Waals surface area contributed by atoms with Crippen molar-refractivity contribution in [1.82, 2.24) is 4.90 Å². The highest BCUT2D eigenvalue weighted by molar-refractivity contribution is 5.98. The number of amides is 1. The van der Waals surface area contributed by atoms with Gasteiger partial charge in [-0.3, -0.25) is 4.79 Å². The van der Waals surface area contributed by atoms with E-state index in [9.17, 15) is 9.90 Å². The van der Waals surface area contributed by atoms with Crippen LogP contribution in [0.1, 0.15) is 10.4 Å². The average Bonchev–Trinajstić information content (AvgIpc) is 2.08. The van der Waals surface area contributed by atoms with Gasteiger partial charge in [0.25, 0.3) is 5.91 Å². The number of anilines is 1. The number of nitrogen functional groups attached to an aromatic ring is 1. The van der Waals surface area contributed by atoms with Crippen LogP contribution in [0.5, 0.6) is 5.75 Å². The number of aromatic hydroxyl groups is 1. The highest BCUT2D eigenvalue weighted by atomic mass is 16.3. The van der Waals surface area contributed by atoms with E-state index in [4.69, 9.17) is 12.8 Å². The van der Waals surface area contributed by atoms with Crippen LogP contribution in [0.15, 0.2) is 18.2 Å². The average molecular weight is 178 g/mol. The Morgan fingerprint density at radius 3 is 2.77 bits per heavy atom. The largest absolute Gasteiger partial charge is 0.505 e. The smallest absolute Gasteiger partial charge is 0.257 e. The van der Waals surface area contributed by atoms with Gasteiger partial charge in [-0.25, -0.2) is 0 Å². The topological polar surface area (TPSA) is 66.6 Å². The van der Waals surface area contributed by atoms with Crippen LogP contribution in [0.2, 0.25) is 0 Å². The van der Waals surface area contributed by atoms with Crippen LogP contribution in [0.3, 0.4) is 0 Å². The molecular formula is C9H10N2O2. The number of nitrogens with two attached hydrogens (primary N) is 1. The molecule has 0 aliphatic rings. The Morgan fingerprint density at radius 1 is 1.62 bits per heavy atom. The summed E-state index contributed by atoms with van der Waals surface area (Å²) in [6.07, 6.45) is 0. The number of hydrogen-bond acceptors (Lipinski definition) is 3. The van der Waals surface area contributed by atoms with Crippen LogP contribution >= 0.6 is 0 Å². The van der Waals surface area contributed by atoms with E-state index >= 15 is 0 Å². The molecule has 0 aliphatic heterocycles. The van der Waals surface area contributed by atoms with E-state index in [1.807, 2.05) is 0 Å². The molecule has 13 heavy (non-hydrogen) atoms. The lowest BCUT2D eigenvalue weighted by Gasteiger charge is -2.11. The molecule has 1 aromatic carbocycles. The molecule has 4 nitrogen and oxygen atoms in total. The lowest BCUT2D eigenvalue weighted by molar-refractivity contribution is 0.0844. The van der Waals surface area contributed by atoms with Crippen molar-refractivity contribution in [2.24, 2.45) is 0 Å². The van der Waals surface area contributed by atoms with Gasteiger partial charge in [0.05, 0.1) is 18.3 Å². The van der Waals surface area contributed by atoms with Crippen molar-refractivity contribution in [2.75, 3.05) is 12.8 Å². The summed E-state index contributed by atoms with van der Waals surface area (Å²) in [5.41, 5.74) is 5.66. The second-order valence-electron chi connectivity index (χ2n) is 2.66. The molecule has 0 saturated carbocycles. The fraction of sp³-hybridized carbons (Fsp3) is 0.111. The Kier molecular flexibility index (Phi) is 2.41. The molecule has 1 rings (SSSR count). The molecule has 3 N–H and O–H groups in total. The molecule has 0 fully saturated rings. The van der Waals surface area contributed by atoms with Gasteiger partial charge in [0, 0.05) is 7.05 Å². The first-order valence-electron chi connectivity index (χ1n) is 3.64. The highest BCUT2D eigenvalue weighted by Gasteiger charge is 2.14. The van der Waals surface area contributed by atoms with Crippen LogP contribution in [0, 0.1) is 7.05 Å². The van der Waals surface area contributed by atoms with Gasteiger partial charge in [-0.15, -0.1) is 0 Å². The summed E-state index contributed by atoms with van der Waals surface area (Å²) in [6, 6.07) is 4.53. The number of para-hydroxylation sites is 1. The number of phenolic OH excluding ortho intramolecular Hbond substituents is 1. The number of hydrogen-bond donors (Lipinski definition) is 2. The van der Waals surface area contributed by atoms with Gasteiger partial charge < -0.3 is 15.7 Å². The first-order chi connectivity index (χ1) is 6.04. The van der Waals surface area contributed by atoms with E-state index in [2.05, 4.69) is 0 Å². The Labute approximate surface area is 76.6 Å². The van der Waals surface area contributed by atoms with Crippen molar-refractivity contribution >= 4 is 11.6 Å². The molecule has 68 valence electrons. The maximum atomic E-state index is 11.3. The molecule has 0 saturated heterocycles. The number of carbonyl (C=O) groups excluding carboxylic acids is 1. The molecule has 1 aromatic rings. The number of nitrogens with zero attached hydrogens (tertiary/aromatic N) is 1. The molecule has 0 unspecified atom stereocenters. The lowest BCUT2D eigenvalue weighted by Crippen LogP contribution is -2.19. The molecule has 2 radical (unpaired) electrons. The Hall–Kier alpha value is -1.71. The van der Waals surface area contributed by atoms with E-state index in [-0.39, 0.29) is 17.0 Å².